The van der Waals surface area contributed by atoms with Crippen molar-refractivity contribution in [1.29, 1.82) is 0 Å². The third-order valence-electron chi connectivity index (χ3n) is 4.20. The Bertz CT molecular complexity index is 555. The van der Waals surface area contributed by atoms with Gasteiger partial charge in [-0.1, -0.05) is 12.1 Å². The average Bonchev–Trinajstić information content (AvgIpc) is 2.75. The normalized spacial score (nSPS) is 33.0. The van der Waals surface area contributed by atoms with E-state index in [1.165, 1.54) is 16.7 Å². The molecule has 1 saturated heterocycles. The van der Waals surface area contributed by atoms with Crippen LogP contribution in [0.3, 0.4) is 0 Å². The van der Waals surface area contributed by atoms with Crippen molar-refractivity contribution < 1.29 is 0 Å². The minimum absolute atomic E-state index is 0.278. The lowest BCUT2D eigenvalue weighted by Crippen LogP contribution is -2.51. The summed E-state index contributed by atoms with van der Waals surface area (Å²) in [6.45, 7) is 0.931. The van der Waals surface area contributed by atoms with E-state index >= 15 is 0 Å². The molecule has 2 heterocycles. The molecule has 17 heavy (non-hydrogen) atoms. The Balaban J connectivity index is 1.88. The Kier molecular flexibility index (Phi) is 1.86. The van der Waals surface area contributed by atoms with Crippen LogP contribution in [0.1, 0.15) is 29.9 Å². The summed E-state index contributed by atoms with van der Waals surface area (Å²) in [5, 5.41) is 3.57. The number of nitrogens with zero attached hydrogens (tertiary/aromatic N) is 1. The zero-order chi connectivity index (χ0) is 11.4. The Morgan fingerprint density at radius 2 is 2.35 bits per heavy atom. The van der Waals surface area contributed by atoms with Crippen molar-refractivity contribution in [2.24, 2.45) is 10.7 Å². The lowest BCUT2D eigenvalue weighted by Gasteiger charge is -2.40. The van der Waals surface area contributed by atoms with E-state index in [2.05, 4.69) is 34.4 Å². The third kappa shape index (κ3) is 1.27. The van der Waals surface area contributed by atoms with Gasteiger partial charge in [0.05, 0.1) is 5.69 Å². The first kappa shape index (κ1) is 9.60. The summed E-state index contributed by atoms with van der Waals surface area (Å²) in [5.74, 6) is 3.73. The van der Waals surface area contributed by atoms with Crippen molar-refractivity contribution in [2.75, 3.05) is 6.54 Å². The molecule has 3 aliphatic rings. The summed E-state index contributed by atoms with van der Waals surface area (Å²) in [4.78, 5) is 4.38. The van der Waals surface area contributed by atoms with Gasteiger partial charge in [0.2, 0.25) is 0 Å². The van der Waals surface area contributed by atoms with E-state index in [4.69, 9.17) is 5.73 Å². The van der Waals surface area contributed by atoms with Crippen LogP contribution < -0.4 is 11.1 Å². The maximum Gasteiger partial charge on any atom is 0.0814 e. The van der Waals surface area contributed by atoms with Crippen LogP contribution in [0.15, 0.2) is 23.2 Å². The van der Waals surface area contributed by atoms with E-state index in [0.717, 1.165) is 25.1 Å². The molecular weight excluding hydrogens is 210 g/mol. The fourth-order valence-electron chi connectivity index (χ4n) is 3.42. The summed E-state index contributed by atoms with van der Waals surface area (Å²) in [5.41, 5.74) is 11.2. The molecule has 86 valence electrons. The number of aliphatic imine (C=N–C) groups is 1. The highest BCUT2D eigenvalue weighted by Crippen LogP contribution is 2.46. The van der Waals surface area contributed by atoms with Gasteiger partial charge in [-0.3, -0.25) is 0 Å². The topological polar surface area (TPSA) is 50.4 Å². The van der Waals surface area contributed by atoms with E-state index in [1.54, 1.807) is 0 Å². The van der Waals surface area contributed by atoms with E-state index in [-0.39, 0.29) is 6.04 Å². The van der Waals surface area contributed by atoms with Gasteiger partial charge >= 0.3 is 0 Å². The Hall–Kier alpha value is -1.41. The second kappa shape index (κ2) is 3.30. The van der Waals surface area contributed by atoms with E-state index in [1.807, 2.05) is 0 Å². The van der Waals surface area contributed by atoms with E-state index in [9.17, 15) is 0 Å². The van der Waals surface area contributed by atoms with Gasteiger partial charge in [-0.2, -0.15) is 0 Å². The summed E-state index contributed by atoms with van der Waals surface area (Å²) in [6.07, 6.45) is 2.13. The zero-order valence-corrected chi connectivity index (χ0v) is 9.61. The van der Waals surface area contributed by atoms with Crippen LogP contribution in [-0.2, 0) is 0 Å². The van der Waals surface area contributed by atoms with Crippen molar-refractivity contribution in [3.05, 3.63) is 29.3 Å². The van der Waals surface area contributed by atoms with Crippen LogP contribution in [0.2, 0.25) is 0 Å². The molecule has 3 N–H and O–H groups in total. The first-order valence-corrected chi connectivity index (χ1v) is 6.28. The highest BCUT2D eigenvalue weighted by atomic mass is 15.0. The first-order chi connectivity index (χ1) is 8.33. The van der Waals surface area contributed by atoms with Crippen LogP contribution >= 0.6 is 0 Å². The SMILES string of the molecule is NC1CN[C@@H]2CC3=C=Nc4cccc(c43)[C@H]2C1. The van der Waals surface area contributed by atoms with Gasteiger partial charge in [-0.05, 0) is 30.3 Å². The van der Waals surface area contributed by atoms with E-state index in [0.29, 0.717) is 12.0 Å². The molecule has 0 aromatic heterocycles. The first-order valence-electron chi connectivity index (χ1n) is 6.28. The molecule has 1 aliphatic carbocycles. The van der Waals surface area contributed by atoms with Crippen molar-refractivity contribution in [1.82, 2.24) is 5.32 Å². The lowest BCUT2D eigenvalue weighted by atomic mass is 9.72. The second-order valence-electron chi connectivity index (χ2n) is 5.26. The van der Waals surface area contributed by atoms with Crippen LogP contribution in [0.5, 0.6) is 0 Å². The monoisotopic (exact) mass is 225 g/mol. The molecule has 3 atom stereocenters. The smallest absolute Gasteiger partial charge is 0.0814 e. The molecule has 1 fully saturated rings. The minimum Gasteiger partial charge on any atom is -0.327 e. The number of hydrogen-bond donors (Lipinski definition) is 2. The van der Waals surface area contributed by atoms with Crippen LogP contribution in [0.25, 0.3) is 5.57 Å². The molecule has 1 unspecified atom stereocenters. The molecule has 1 aromatic carbocycles. The van der Waals surface area contributed by atoms with Gasteiger partial charge in [-0.15, -0.1) is 0 Å². The number of hydrogen-bond acceptors (Lipinski definition) is 3. The molecular formula is C14H15N3. The second-order valence-corrected chi connectivity index (χ2v) is 5.26. The quantitative estimate of drug-likeness (QED) is 0.704. The van der Waals surface area contributed by atoms with Crippen LogP contribution in [-0.4, -0.2) is 24.5 Å². The molecule has 0 amide bonds. The number of piperidine rings is 1. The predicted molar refractivity (Wildman–Crippen MR) is 68.7 cm³/mol. The molecule has 0 bridgehead atoms. The average molecular weight is 225 g/mol. The molecule has 2 aliphatic heterocycles. The van der Waals surface area contributed by atoms with Crippen LogP contribution in [0, 0.1) is 0 Å². The van der Waals surface area contributed by atoms with Gasteiger partial charge in [-0.25, -0.2) is 4.99 Å². The molecule has 0 saturated carbocycles. The van der Waals surface area contributed by atoms with Gasteiger partial charge in [0.15, 0.2) is 0 Å². The standard InChI is InChI=1S/C14H15N3/c15-9-5-11-10-2-1-3-12-14(10)8(6-16-12)4-13(11)17-7-9/h1-3,9,11,13,17H,4-5,7,15H2/t9?,11-,13-/m1/s1. The summed E-state index contributed by atoms with van der Waals surface area (Å²) in [7, 11) is 0. The van der Waals surface area contributed by atoms with Crippen molar-refractivity contribution >= 4 is 17.1 Å². The summed E-state index contributed by atoms with van der Waals surface area (Å²) in [6, 6.07) is 7.21. The highest BCUT2D eigenvalue weighted by Gasteiger charge is 2.37. The predicted octanol–water partition coefficient (Wildman–Crippen LogP) is 1.56. The zero-order valence-electron chi connectivity index (χ0n) is 9.61. The highest BCUT2D eigenvalue weighted by molar-refractivity contribution is 6.01. The number of benzene rings is 1. The Labute approximate surface area is 100 Å². The maximum absolute atomic E-state index is 6.08. The molecule has 3 heteroatoms. The number of nitrogens with one attached hydrogen (secondary N) is 1. The fourth-order valence-corrected chi connectivity index (χ4v) is 3.42. The van der Waals surface area contributed by atoms with E-state index < -0.39 is 0 Å². The number of rotatable bonds is 0. The summed E-state index contributed by atoms with van der Waals surface area (Å²) < 4.78 is 0. The van der Waals surface area contributed by atoms with Gasteiger partial charge in [0.1, 0.15) is 0 Å². The molecule has 0 radical (unpaired) electrons. The van der Waals surface area contributed by atoms with Gasteiger partial charge < -0.3 is 11.1 Å². The molecule has 4 rings (SSSR count). The molecule has 0 spiro atoms. The minimum atomic E-state index is 0.278. The van der Waals surface area contributed by atoms with Crippen molar-refractivity contribution in [3.8, 4) is 0 Å². The maximum atomic E-state index is 6.08. The van der Waals surface area contributed by atoms with Gasteiger partial charge in [0.25, 0.3) is 0 Å². The fraction of sp³-hybridized carbons (Fsp3) is 0.429. The lowest BCUT2D eigenvalue weighted by molar-refractivity contribution is 0.319. The van der Waals surface area contributed by atoms with Crippen molar-refractivity contribution in [2.45, 2.75) is 30.8 Å². The Morgan fingerprint density at radius 3 is 3.29 bits per heavy atom. The number of fused-ring (bicyclic) bond motifs is 2. The largest absolute Gasteiger partial charge is 0.327 e. The summed E-state index contributed by atoms with van der Waals surface area (Å²) >= 11 is 0. The Morgan fingerprint density at radius 1 is 1.41 bits per heavy atom. The van der Waals surface area contributed by atoms with Crippen LogP contribution in [0.4, 0.5) is 5.69 Å². The van der Waals surface area contributed by atoms with Gasteiger partial charge in [0, 0.05) is 35.7 Å². The molecule has 1 aromatic rings. The van der Waals surface area contributed by atoms with Crippen molar-refractivity contribution in [3.63, 3.8) is 0 Å². The number of nitrogens with two attached hydrogens (primary N) is 1. The third-order valence-corrected chi connectivity index (χ3v) is 4.20. The molecule has 3 nitrogen and oxygen atoms in total.